The third-order valence-electron chi connectivity index (χ3n) is 4.44. The van der Waals surface area contributed by atoms with Gasteiger partial charge in [0, 0.05) is 37.9 Å². The van der Waals surface area contributed by atoms with Crippen LogP contribution in [0.4, 0.5) is 5.69 Å². The first-order valence-electron chi connectivity index (χ1n) is 8.22. The van der Waals surface area contributed by atoms with Gasteiger partial charge in [-0.15, -0.1) is 0 Å². The number of nitrogens with zero attached hydrogens (tertiary/aromatic N) is 4. The molecule has 0 atom stereocenters. The summed E-state index contributed by atoms with van der Waals surface area (Å²) in [5, 5.41) is 12.4. The van der Waals surface area contributed by atoms with E-state index in [1.807, 2.05) is 19.9 Å². The van der Waals surface area contributed by atoms with Crippen molar-refractivity contribution in [2.45, 2.75) is 32.7 Å². The van der Waals surface area contributed by atoms with Gasteiger partial charge in [0.25, 0.3) is 0 Å². The Morgan fingerprint density at radius 2 is 2.04 bits per heavy atom. The van der Waals surface area contributed by atoms with Crippen molar-refractivity contribution in [3.8, 4) is 6.07 Å². The van der Waals surface area contributed by atoms with Gasteiger partial charge in [-0.3, -0.25) is 14.7 Å². The fourth-order valence-electron chi connectivity index (χ4n) is 3.05. The maximum atomic E-state index is 11.9. The molecular weight excluding hydrogens is 290 g/mol. The minimum absolute atomic E-state index is 0.134. The molecule has 1 saturated heterocycles. The van der Waals surface area contributed by atoms with Crippen molar-refractivity contribution < 1.29 is 4.79 Å². The van der Waals surface area contributed by atoms with Crippen LogP contribution >= 0.6 is 0 Å². The number of piperazine rings is 1. The van der Waals surface area contributed by atoms with E-state index in [4.69, 9.17) is 0 Å². The summed E-state index contributed by atoms with van der Waals surface area (Å²) >= 11 is 0. The number of anilines is 1. The molecule has 0 spiro atoms. The van der Waals surface area contributed by atoms with E-state index in [9.17, 15) is 10.1 Å². The van der Waals surface area contributed by atoms with Crippen LogP contribution in [0.15, 0.2) is 6.07 Å². The summed E-state index contributed by atoms with van der Waals surface area (Å²) < 4.78 is 0. The van der Waals surface area contributed by atoms with Crippen LogP contribution < -0.4 is 10.2 Å². The molecule has 6 heteroatoms. The first-order chi connectivity index (χ1) is 11.1. The van der Waals surface area contributed by atoms with Crippen molar-refractivity contribution in [1.82, 2.24) is 15.2 Å². The predicted molar refractivity (Wildman–Crippen MR) is 88.2 cm³/mol. The second-order valence-electron chi connectivity index (χ2n) is 6.46. The van der Waals surface area contributed by atoms with Crippen LogP contribution in [0.2, 0.25) is 0 Å². The van der Waals surface area contributed by atoms with Crippen LogP contribution in [0.5, 0.6) is 0 Å². The molecule has 2 aliphatic rings. The topological polar surface area (TPSA) is 72.3 Å². The minimum Gasteiger partial charge on any atom is -0.368 e. The average molecular weight is 313 g/mol. The second kappa shape index (κ2) is 6.55. The Bertz CT molecular complexity index is 639. The van der Waals surface area contributed by atoms with Gasteiger partial charge in [0.05, 0.1) is 23.5 Å². The Hall–Kier alpha value is -2.13. The van der Waals surface area contributed by atoms with Gasteiger partial charge in [-0.2, -0.15) is 5.26 Å². The molecule has 0 aromatic carbocycles. The fraction of sp³-hybridized carbons (Fsp3) is 0.588. The van der Waals surface area contributed by atoms with Crippen molar-refractivity contribution in [1.29, 1.82) is 5.26 Å². The molecule has 3 rings (SSSR count). The van der Waals surface area contributed by atoms with Crippen molar-refractivity contribution in [2.24, 2.45) is 0 Å². The zero-order valence-corrected chi connectivity index (χ0v) is 13.8. The number of aromatic nitrogens is 1. The lowest BCUT2D eigenvalue weighted by molar-refractivity contribution is -0.122. The summed E-state index contributed by atoms with van der Waals surface area (Å²) in [7, 11) is 0. The van der Waals surface area contributed by atoms with E-state index in [0.717, 1.165) is 56.1 Å². The molecule has 1 N–H and O–H groups in total. The Morgan fingerprint density at radius 1 is 1.35 bits per heavy atom. The molecule has 2 heterocycles. The highest BCUT2D eigenvalue weighted by molar-refractivity contribution is 5.78. The molecule has 23 heavy (non-hydrogen) atoms. The molecule has 1 amide bonds. The molecule has 0 radical (unpaired) electrons. The lowest BCUT2D eigenvalue weighted by Gasteiger charge is -2.36. The summed E-state index contributed by atoms with van der Waals surface area (Å²) in [5.74, 6) is 0.134. The number of amides is 1. The number of aryl methyl sites for hydroxylation is 2. The summed E-state index contributed by atoms with van der Waals surface area (Å²) in [6.45, 7) is 7.64. The fourth-order valence-corrected chi connectivity index (χ4v) is 3.05. The number of hydrogen-bond donors (Lipinski definition) is 1. The van der Waals surface area contributed by atoms with Crippen LogP contribution in [0, 0.1) is 25.2 Å². The van der Waals surface area contributed by atoms with Crippen LogP contribution in [-0.2, 0) is 4.79 Å². The van der Waals surface area contributed by atoms with Crippen LogP contribution in [0.1, 0.15) is 29.8 Å². The van der Waals surface area contributed by atoms with Crippen LogP contribution in [-0.4, -0.2) is 54.6 Å². The highest BCUT2D eigenvalue weighted by Gasteiger charge is 2.26. The Kier molecular flexibility index (Phi) is 4.49. The highest BCUT2D eigenvalue weighted by atomic mass is 16.2. The number of pyridine rings is 1. The minimum atomic E-state index is 0.134. The first kappa shape index (κ1) is 15.8. The SMILES string of the molecule is Cc1cc(N2CCN(CC(=O)NC3CC3)CC2)c(C#N)c(C)n1. The van der Waals surface area contributed by atoms with Crippen LogP contribution in [0.25, 0.3) is 0 Å². The zero-order valence-electron chi connectivity index (χ0n) is 13.8. The van der Waals surface area contributed by atoms with Gasteiger partial charge in [-0.1, -0.05) is 0 Å². The van der Waals surface area contributed by atoms with Gasteiger partial charge < -0.3 is 10.2 Å². The number of nitrogens with one attached hydrogen (secondary N) is 1. The Labute approximate surface area is 137 Å². The second-order valence-corrected chi connectivity index (χ2v) is 6.46. The first-order valence-corrected chi connectivity index (χ1v) is 8.22. The monoisotopic (exact) mass is 313 g/mol. The van der Waals surface area contributed by atoms with Gasteiger partial charge in [-0.05, 0) is 32.8 Å². The van der Waals surface area contributed by atoms with E-state index in [0.29, 0.717) is 18.2 Å². The number of carbonyl (C=O) groups is 1. The summed E-state index contributed by atoms with van der Waals surface area (Å²) in [4.78, 5) is 20.7. The Morgan fingerprint density at radius 3 is 2.65 bits per heavy atom. The number of carbonyl (C=O) groups excluding carboxylic acids is 1. The van der Waals surface area contributed by atoms with Crippen molar-refractivity contribution >= 4 is 11.6 Å². The predicted octanol–water partition coefficient (Wildman–Crippen LogP) is 0.971. The van der Waals surface area contributed by atoms with Crippen LogP contribution in [0.3, 0.4) is 0 Å². The normalized spacial score (nSPS) is 18.6. The number of rotatable bonds is 4. The maximum Gasteiger partial charge on any atom is 0.234 e. The smallest absolute Gasteiger partial charge is 0.234 e. The van der Waals surface area contributed by atoms with Gasteiger partial charge in [-0.25, -0.2) is 0 Å². The van der Waals surface area contributed by atoms with Gasteiger partial charge in [0.15, 0.2) is 0 Å². The molecular formula is C17H23N5O. The van der Waals surface area contributed by atoms with Crippen molar-refractivity contribution in [3.05, 3.63) is 23.0 Å². The molecule has 0 unspecified atom stereocenters. The molecule has 6 nitrogen and oxygen atoms in total. The van der Waals surface area contributed by atoms with Gasteiger partial charge in [0.2, 0.25) is 5.91 Å². The van der Waals surface area contributed by atoms with E-state index < -0.39 is 0 Å². The molecule has 2 fully saturated rings. The quantitative estimate of drug-likeness (QED) is 0.897. The summed E-state index contributed by atoms with van der Waals surface area (Å²) in [6, 6.07) is 4.69. The van der Waals surface area contributed by atoms with E-state index in [2.05, 4.69) is 26.2 Å². The lowest BCUT2D eigenvalue weighted by Crippen LogP contribution is -2.50. The molecule has 0 bridgehead atoms. The molecule has 122 valence electrons. The molecule has 1 saturated carbocycles. The number of nitriles is 1. The third-order valence-corrected chi connectivity index (χ3v) is 4.44. The average Bonchev–Trinajstić information content (AvgIpc) is 3.31. The van der Waals surface area contributed by atoms with E-state index in [-0.39, 0.29) is 5.91 Å². The molecule has 1 aliphatic carbocycles. The van der Waals surface area contributed by atoms with E-state index in [1.54, 1.807) is 0 Å². The van der Waals surface area contributed by atoms with E-state index >= 15 is 0 Å². The summed E-state index contributed by atoms with van der Waals surface area (Å²) in [6.07, 6.45) is 2.24. The summed E-state index contributed by atoms with van der Waals surface area (Å²) in [5.41, 5.74) is 3.35. The van der Waals surface area contributed by atoms with Crippen molar-refractivity contribution in [3.63, 3.8) is 0 Å². The lowest BCUT2D eigenvalue weighted by atomic mass is 10.1. The largest absolute Gasteiger partial charge is 0.368 e. The Balaban J connectivity index is 1.60. The molecule has 1 aromatic rings. The molecule has 1 aromatic heterocycles. The highest BCUT2D eigenvalue weighted by Crippen LogP contribution is 2.24. The molecule has 1 aliphatic heterocycles. The number of hydrogen-bond acceptors (Lipinski definition) is 5. The standard InChI is InChI=1S/C17H23N5O/c1-12-9-16(15(10-18)13(2)19-12)22-7-5-21(6-8-22)11-17(23)20-14-3-4-14/h9,14H,3-8,11H2,1-2H3,(H,20,23). The van der Waals surface area contributed by atoms with Gasteiger partial charge >= 0.3 is 0 Å². The van der Waals surface area contributed by atoms with E-state index in [1.165, 1.54) is 0 Å². The van der Waals surface area contributed by atoms with Crippen molar-refractivity contribution in [2.75, 3.05) is 37.6 Å². The third kappa shape index (κ3) is 3.80. The van der Waals surface area contributed by atoms with Gasteiger partial charge in [0.1, 0.15) is 6.07 Å². The zero-order chi connectivity index (χ0) is 16.4. The maximum absolute atomic E-state index is 11.9.